The molecule has 0 unspecified atom stereocenters. The Morgan fingerprint density at radius 3 is 3.00 bits per heavy atom. The van der Waals surface area contributed by atoms with E-state index in [2.05, 4.69) is 29.0 Å². The normalized spacial score (nSPS) is 10.5. The van der Waals surface area contributed by atoms with Gasteiger partial charge in [0.05, 0.1) is 0 Å². The number of nitrogens with zero attached hydrogens (tertiary/aromatic N) is 1. The van der Waals surface area contributed by atoms with Crippen LogP contribution in [0.4, 0.5) is 0 Å². The van der Waals surface area contributed by atoms with E-state index in [1.807, 2.05) is 24.8 Å². The molecular weight excluding hydrogens is 184 g/mol. The lowest BCUT2D eigenvalue weighted by molar-refractivity contribution is 0.795. The van der Waals surface area contributed by atoms with Gasteiger partial charge in [-0.2, -0.15) is 0 Å². The molecule has 2 heteroatoms. The molecule has 0 saturated heterocycles. The molecule has 0 aliphatic rings. The molecule has 0 aliphatic carbocycles. The topological polar surface area (TPSA) is 28.7 Å². The summed E-state index contributed by atoms with van der Waals surface area (Å²) in [6.45, 7) is 2.22. The van der Waals surface area contributed by atoms with Crippen LogP contribution < -0.4 is 0 Å². The Bertz CT molecular complexity index is 404. The van der Waals surface area contributed by atoms with E-state index >= 15 is 0 Å². The van der Waals surface area contributed by atoms with Crippen LogP contribution in [0.2, 0.25) is 0 Å². The zero-order valence-corrected chi connectivity index (χ0v) is 9.03. The highest BCUT2D eigenvalue weighted by atomic mass is 14.6. The second-order valence-electron chi connectivity index (χ2n) is 3.74. The maximum absolute atomic E-state index is 4.20. The minimum Gasteiger partial charge on any atom is -0.367 e. The van der Waals surface area contributed by atoms with Gasteiger partial charge in [-0.3, -0.25) is 4.98 Å². The Morgan fingerprint density at radius 2 is 2.27 bits per heavy atom. The number of aryl methyl sites for hydroxylation is 1. The van der Waals surface area contributed by atoms with Crippen LogP contribution in [0.1, 0.15) is 25.3 Å². The fraction of sp³-hybridized carbons (Fsp3) is 0.308. The van der Waals surface area contributed by atoms with Crippen LogP contribution in [0.25, 0.3) is 11.1 Å². The summed E-state index contributed by atoms with van der Waals surface area (Å²) >= 11 is 0. The van der Waals surface area contributed by atoms with Gasteiger partial charge < -0.3 is 4.98 Å². The Morgan fingerprint density at radius 1 is 1.33 bits per heavy atom. The van der Waals surface area contributed by atoms with Crippen molar-refractivity contribution in [1.82, 2.24) is 9.97 Å². The van der Waals surface area contributed by atoms with Crippen molar-refractivity contribution >= 4 is 0 Å². The lowest BCUT2D eigenvalue weighted by Gasteiger charge is -2.06. The smallest absolute Gasteiger partial charge is 0.0349 e. The molecule has 0 aliphatic heterocycles. The number of hydrogen-bond donors (Lipinski definition) is 1. The van der Waals surface area contributed by atoms with Gasteiger partial charge in [0.2, 0.25) is 0 Å². The van der Waals surface area contributed by atoms with Gasteiger partial charge in [-0.15, -0.1) is 0 Å². The molecule has 2 aromatic rings. The average molecular weight is 200 g/mol. The predicted molar refractivity (Wildman–Crippen MR) is 62.6 cm³/mol. The zero-order chi connectivity index (χ0) is 10.5. The van der Waals surface area contributed by atoms with E-state index in [4.69, 9.17) is 0 Å². The van der Waals surface area contributed by atoms with Gasteiger partial charge in [0, 0.05) is 35.9 Å². The summed E-state index contributed by atoms with van der Waals surface area (Å²) in [7, 11) is 0. The van der Waals surface area contributed by atoms with E-state index in [0.717, 1.165) is 6.42 Å². The number of pyridine rings is 1. The van der Waals surface area contributed by atoms with E-state index < -0.39 is 0 Å². The second kappa shape index (κ2) is 4.78. The molecule has 0 aromatic carbocycles. The molecule has 0 radical (unpaired) electrons. The number of aromatic nitrogens is 2. The average Bonchev–Trinajstić information content (AvgIpc) is 2.80. The number of rotatable bonds is 4. The number of aromatic amines is 1. The van der Waals surface area contributed by atoms with E-state index in [0.29, 0.717) is 0 Å². The largest absolute Gasteiger partial charge is 0.367 e. The first-order valence-corrected chi connectivity index (χ1v) is 5.48. The molecule has 2 nitrogen and oxygen atoms in total. The van der Waals surface area contributed by atoms with Crippen LogP contribution in [0.3, 0.4) is 0 Å². The van der Waals surface area contributed by atoms with Crippen LogP contribution in [-0.2, 0) is 6.42 Å². The van der Waals surface area contributed by atoms with Crippen LogP contribution in [0.5, 0.6) is 0 Å². The number of nitrogens with one attached hydrogen (secondary N) is 1. The number of H-pyrrole nitrogens is 1. The minimum atomic E-state index is 1.14. The summed E-state index contributed by atoms with van der Waals surface area (Å²) in [5.74, 6) is 0. The van der Waals surface area contributed by atoms with Crippen molar-refractivity contribution in [2.75, 3.05) is 0 Å². The molecule has 0 fully saturated rings. The van der Waals surface area contributed by atoms with Crippen LogP contribution in [0, 0.1) is 0 Å². The summed E-state index contributed by atoms with van der Waals surface area (Å²) in [6, 6.07) is 4.21. The summed E-state index contributed by atoms with van der Waals surface area (Å²) in [6.07, 6.45) is 11.4. The molecule has 0 bridgehead atoms. The van der Waals surface area contributed by atoms with E-state index in [9.17, 15) is 0 Å². The van der Waals surface area contributed by atoms with Crippen molar-refractivity contribution in [3.8, 4) is 11.1 Å². The molecule has 78 valence electrons. The van der Waals surface area contributed by atoms with Crippen molar-refractivity contribution in [2.24, 2.45) is 0 Å². The van der Waals surface area contributed by atoms with Crippen LogP contribution in [0.15, 0.2) is 36.9 Å². The van der Waals surface area contributed by atoms with Gasteiger partial charge in [0.15, 0.2) is 0 Å². The van der Waals surface area contributed by atoms with Crippen molar-refractivity contribution in [3.05, 3.63) is 42.5 Å². The SMILES string of the molecule is CCCCc1ccncc1-c1cc[nH]c1. The van der Waals surface area contributed by atoms with Crippen molar-refractivity contribution in [2.45, 2.75) is 26.2 Å². The van der Waals surface area contributed by atoms with Crippen LogP contribution in [-0.4, -0.2) is 9.97 Å². The van der Waals surface area contributed by atoms with E-state index in [-0.39, 0.29) is 0 Å². The maximum atomic E-state index is 4.20. The maximum Gasteiger partial charge on any atom is 0.0349 e. The Labute approximate surface area is 90.4 Å². The molecule has 2 rings (SSSR count). The summed E-state index contributed by atoms with van der Waals surface area (Å²) in [4.78, 5) is 7.28. The highest BCUT2D eigenvalue weighted by Crippen LogP contribution is 2.23. The second-order valence-corrected chi connectivity index (χ2v) is 3.74. The fourth-order valence-electron chi connectivity index (χ4n) is 1.76. The van der Waals surface area contributed by atoms with Gasteiger partial charge in [0.1, 0.15) is 0 Å². The molecular formula is C13H16N2. The molecule has 0 spiro atoms. The van der Waals surface area contributed by atoms with Crippen molar-refractivity contribution in [1.29, 1.82) is 0 Å². The van der Waals surface area contributed by atoms with Gasteiger partial charge in [0.25, 0.3) is 0 Å². The highest BCUT2D eigenvalue weighted by Gasteiger charge is 2.04. The third-order valence-electron chi connectivity index (χ3n) is 2.62. The lowest BCUT2D eigenvalue weighted by Crippen LogP contribution is -1.90. The number of hydrogen-bond acceptors (Lipinski definition) is 1. The van der Waals surface area contributed by atoms with Gasteiger partial charge >= 0.3 is 0 Å². The molecule has 0 saturated carbocycles. The third-order valence-corrected chi connectivity index (χ3v) is 2.62. The highest BCUT2D eigenvalue weighted by molar-refractivity contribution is 5.65. The quantitative estimate of drug-likeness (QED) is 0.804. The fourth-order valence-corrected chi connectivity index (χ4v) is 1.76. The molecule has 2 aromatic heterocycles. The third kappa shape index (κ3) is 2.27. The molecule has 15 heavy (non-hydrogen) atoms. The number of unbranched alkanes of at least 4 members (excludes halogenated alkanes) is 1. The lowest BCUT2D eigenvalue weighted by atomic mass is 10.0. The molecule has 2 heterocycles. The summed E-state index contributed by atoms with van der Waals surface area (Å²) in [5.41, 5.74) is 3.88. The van der Waals surface area contributed by atoms with E-state index in [1.54, 1.807) is 0 Å². The standard InChI is InChI=1S/C13H16N2/c1-2-3-4-11-5-7-15-10-13(11)12-6-8-14-9-12/h5-10,14H,2-4H2,1H3. The summed E-state index contributed by atoms with van der Waals surface area (Å²) in [5, 5.41) is 0. The Hall–Kier alpha value is -1.57. The first kappa shape index (κ1) is 9.97. The molecule has 0 atom stereocenters. The zero-order valence-electron chi connectivity index (χ0n) is 9.03. The predicted octanol–water partition coefficient (Wildman–Crippen LogP) is 3.42. The van der Waals surface area contributed by atoms with Gasteiger partial charge in [-0.05, 0) is 30.5 Å². The van der Waals surface area contributed by atoms with Gasteiger partial charge in [-0.1, -0.05) is 13.3 Å². The minimum absolute atomic E-state index is 1.14. The van der Waals surface area contributed by atoms with Gasteiger partial charge in [-0.25, -0.2) is 0 Å². The molecule has 0 amide bonds. The first-order chi connectivity index (χ1) is 7.42. The Balaban J connectivity index is 2.30. The summed E-state index contributed by atoms with van der Waals surface area (Å²) < 4.78 is 0. The van der Waals surface area contributed by atoms with E-state index in [1.165, 1.54) is 29.5 Å². The van der Waals surface area contributed by atoms with Crippen molar-refractivity contribution < 1.29 is 0 Å². The molecule has 1 N–H and O–H groups in total. The Kier molecular flexibility index (Phi) is 3.18. The first-order valence-electron chi connectivity index (χ1n) is 5.48. The van der Waals surface area contributed by atoms with Crippen molar-refractivity contribution in [3.63, 3.8) is 0 Å². The van der Waals surface area contributed by atoms with Crippen LogP contribution >= 0.6 is 0 Å². The monoisotopic (exact) mass is 200 g/mol.